The number of rotatable bonds is 5. The van der Waals surface area contributed by atoms with Gasteiger partial charge in [-0.2, -0.15) is 0 Å². The fourth-order valence-corrected chi connectivity index (χ4v) is 5.67. The van der Waals surface area contributed by atoms with E-state index in [1.807, 2.05) is 80.0 Å². The average molecular weight is 517 g/mol. The van der Waals surface area contributed by atoms with Crippen LogP contribution in [0.15, 0.2) is 48.5 Å². The Morgan fingerprint density at radius 1 is 1.05 bits per heavy atom. The Balaban J connectivity index is 1.32. The maximum absolute atomic E-state index is 13.8. The normalized spacial score (nSPS) is 19.9. The van der Waals surface area contributed by atoms with Gasteiger partial charge in [-0.25, -0.2) is 0 Å². The number of benzene rings is 2. The Bertz CT molecular complexity index is 1360. The number of hydrogen-bond acceptors (Lipinski definition) is 4. The van der Waals surface area contributed by atoms with Crippen molar-refractivity contribution in [1.82, 2.24) is 20.1 Å². The number of ether oxygens (including phenoxy) is 1. The monoisotopic (exact) mass is 516 g/mol. The van der Waals surface area contributed by atoms with Crippen LogP contribution in [0, 0.1) is 12.3 Å². The Hall–Kier alpha value is -3.81. The zero-order chi connectivity index (χ0) is 27.2. The molecule has 2 fully saturated rings. The smallest absolute Gasteiger partial charge is 0.268 e. The first-order valence-corrected chi connectivity index (χ1v) is 13.2. The molecule has 8 heteroatoms. The molecule has 2 aromatic carbocycles. The van der Waals surface area contributed by atoms with Crippen molar-refractivity contribution in [2.75, 3.05) is 20.2 Å². The van der Waals surface area contributed by atoms with Gasteiger partial charge in [-0.1, -0.05) is 45.0 Å². The van der Waals surface area contributed by atoms with E-state index in [1.165, 1.54) is 0 Å². The highest BCUT2D eigenvalue weighted by Gasteiger charge is 2.51. The van der Waals surface area contributed by atoms with E-state index in [9.17, 15) is 14.4 Å². The summed E-state index contributed by atoms with van der Waals surface area (Å²) >= 11 is 0. The topological polar surface area (TPSA) is 94.7 Å². The number of nitrogens with one attached hydrogen (secondary N) is 2. The lowest BCUT2D eigenvalue weighted by atomic mass is 9.81. The van der Waals surface area contributed by atoms with E-state index < -0.39 is 11.5 Å². The van der Waals surface area contributed by atoms with E-state index >= 15 is 0 Å². The van der Waals surface area contributed by atoms with E-state index in [0.29, 0.717) is 30.1 Å². The molecular weight excluding hydrogens is 480 g/mol. The zero-order valence-corrected chi connectivity index (χ0v) is 22.7. The van der Waals surface area contributed by atoms with Gasteiger partial charge < -0.3 is 24.8 Å². The first-order valence-electron chi connectivity index (χ1n) is 13.2. The number of aromatic nitrogens is 1. The van der Waals surface area contributed by atoms with Crippen LogP contribution in [0.4, 0.5) is 0 Å². The highest BCUT2D eigenvalue weighted by Crippen LogP contribution is 2.36. The molecular formula is C30H36N4O4. The minimum absolute atomic E-state index is 0.0452. The van der Waals surface area contributed by atoms with Crippen LogP contribution in [-0.2, 0) is 4.79 Å². The average Bonchev–Trinajstić information content (AvgIpc) is 3.31. The van der Waals surface area contributed by atoms with Crippen LogP contribution >= 0.6 is 0 Å². The molecule has 1 unspecified atom stereocenters. The summed E-state index contributed by atoms with van der Waals surface area (Å²) in [5.74, 6) is 0.0869. The number of amides is 3. The minimum atomic E-state index is -0.703. The number of carbonyl (C=O) groups is 3. The number of carbonyl (C=O) groups excluding carboxylic acids is 3. The molecule has 5 rings (SSSR count). The first kappa shape index (κ1) is 25.8. The Kier molecular flexibility index (Phi) is 6.67. The molecule has 3 atom stereocenters. The highest BCUT2D eigenvalue weighted by molar-refractivity contribution is 6.01. The molecule has 38 heavy (non-hydrogen) atoms. The summed E-state index contributed by atoms with van der Waals surface area (Å²) in [6.45, 7) is 8.94. The fourth-order valence-electron chi connectivity index (χ4n) is 5.67. The van der Waals surface area contributed by atoms with E-state index in [4.69, 9.17) is 4.74 Å². The van der Waals surface area contributed by atoms with Crippen molar-refractivity contribution in [3.05, 3.63) is 65.4 Å². The van der Waals surface area contributed by atoms with Gasteiger partial charge in [0.2, 0.25) is 5.91 Å². The van der Waals surface area contributed by atoms with Crippen LogP contribution in [0.1, 0.15) is 60.0 Å². The quantitative estimate of drug-likeness (QED) is 0.533. The van der Waals surface area contributed by atoms with Crippen LogP contribution in [-0.4, -0.2) is 70.8 Å². The van der Waals surface area contributed by atoms with Gasteiger partial charge in [-0.15, -0.1) is 0 Å². The molecule has 8 nitrogen and oxygen atoms in total. The SMILES string of the molecule is COc1cc(C)ccc1C(=O)N1CCCC2[C@H]1CN2C(=O)[C@@H](NC(=O)c1cc2ccccc2[nH]1)C(C)(C)C. The summed E-state index contributed by atoms with van der Waals surface area (Å²) in [7, 11) is 1.57. The first-order chi connectivity index (χ1) is 18.1. The number of aromatic amines is 1. The molecule has 0 bridgehead atoms. The Morgan fingerprint density at radius 2 is 1.82 bits per heavy atom. The number of methoxy groups -OCH3 is 1. The number of hydrogen-bond donors (Lipinski definition) is 2. The number of aryl methyl sites for hydroxylation is 1. The summed E-state index contributed by atoms with van der Waals surface area (Å²) in [5, 5.41) is 3.94. The van der Waals surface area contributed by atoms with Crippen molar-refractivity contribution in [1.29, 1.82) is 0 Å². The van der Waals surface area contributed by atoms with Gasteiger partial charge in [0.1, 0.15) is 17.5 Å². The van der Waals surface area contributed by atoms with Gasteiger partial charge in [0, 0.05) is 24.0 Å². The third-order valence-electron chi connectivity index (χ3n) is 7.82. The standard InChI is InChI=1S/C30H36N4O4/c1-18-12-13-20(25(15-18)38-5)28(36)33-14-8-11-23-24(33)17-34(23)29(37)26(30(2,3)4)32-27(35)22-16-19-9-6-7-10-21(19)31-22/h6-7,9-10,12-13,15-16,23-24,26,31H,8,11,14,17H2,1-5H3,(H,32,35)/t23?,24-,26-/m1/s1. The van der Waals surface area contributed by atoms with E-state index in [0.717, 1.165) is 29.3 Å². The lowest BCUT2D eigenvalue weighted by molar-refractivity contribution is -0.152. The van der Waals surface area contributed by atoms with Gasteiger partial charge in [-0.3, -0.25) is 14.4 Å². The predicted molar refractivity (Wildman–Crippen MR) is 146 cm³/mol. The Morgan fingerprint density at radius 3 is 2.53 bits per heavy atom. The third kappa shape index (κ3) is 4.64. The number of fused-ring (bicyclic) bond motifs is 2. The van der Waals surface area contributed by atoms with Gasteiger partial charge in [0.15, 0.2) is 0 Å². The van der Waals surface area contributed by atoms with Crippen LogP contribution < -0.4 is 10.1 Å². The van der Waals surface area contributed by atoms with E-state index in [1.54, 1.807) is 13.2 Å². The third-order valence-corrected chi connectivity index (χ3v) is 7.82. The summed E-state index contributed by atoms with van der Waals surface area (Å²) in [5.41, 5.74) is 2.37. The molecule has 200 valence electrons. The number of likely N-dealkylation sites (tertiary alicyclic amines) is 2. The van der Waals surface area contributed by atoms with Crippen LogP contribution in [0.2, 0.25) is 0 Å². The van der Waals surface area contributed by atoms with Crippen LogP contribution in [0.3, 0.4) is 0 Å². The molecule has 0 spiro atoms. The largest absolute Gasteiger partial charge is 0.496 e. The lowest BCUT2D eigenvalue weighted by Gasteiger charge is -2.56. The molecule has 2 N–H and O–H groups in total. The summed E-state index contributed by atoms with van der Waals surface area (Å²) < 4.78 is 5.48. The molecule has 3 aromatic rings. The van der Waals surface area contributed by atoms with Crippen molar-refractivity contribution in [3.63, 3.8) is 0 Å². The van der Waals surface area contributed by atoms with Crippen LogP contribution in [0.5, 0.6) is 5.75 Å². The second kappa shape index (κ2) is 9.82. The van der Waals surface area contributed by atoms with Gasteiger partial charge in [-0.05, 0) is 55.0 Å². The van der Waals surface area contributed by atoms with Crippen molar-refractivity contribution < 1.29 is 19.1 Å². The maximum Gasteiger partial charge on any atom is 0.268 e. The molecule has 2 aliphatic rings. The lowest BCUT2D eigenvalue weighted by Crippen LogP contribution is -2.73. The fraction of sp³-hybridized carbons (Fsp3) is 0.433. The Labute approximate surface area is 223 Å². The second-order valence-corrected chi connectivity index (χ2v) is 11.5. The zero-order valence-electron chi connectivity index (χ0n) is 22.7. The van der Waals surface area contributed by atoms with Crippen molar-refractivity contribution in [2.45, 2.75) is 58.7 Å². The summed E-state index contributed by atoms with van der Waals surface area (Å²) in [6, 6.07) is 14.3. The van der Waals surface area contributed by atoms with Crippen molar-refractivity contribution in [2.24, 2.45) is 5.41 Å². The number of nitrogens with zero attached hydrogens (tertiary/aromatic N) is 2. The number of H-pyrrole nitrogens is 1. The number of para-hydroxylation sites is 1. The minimum Gasteiger partial charge on any atom is -0.496 e. The van der Waals surface area contributed by atoms with Crippen LogP contribution in [0.25, 0.3) is 10.9 Å². The second-order valence-electron chi connectivity index (χ2n) is 11.5. The number of piperidine rings is 1. The molecule has 2 saturated heterocycles. The molecule has 2 aliphatic heterocycles. The van der Waals surface area contributed by atoms with Gasteiger partial charge in [0.05, 0.1) is 24.8 Å². The van der Waals surface area contributed by atoms with E-state index in [-0.39, 0.29) is 29.8 Å². The summed E-state index contributed by atoms with van der Waals surface area (Å²) in [4.78, 5) is 47.4. The molecule has 3 heterocycles. The summed E-state index contributed by atoms with van der Waals surface area (Å²) in [6.07, 6.45) is 1.64. The van der Waals surface area contributed by atoms with Gasteiger partial charge >= 0.3 is 0 Å². The molecule has 1 aromatic heterocycles. The molecule has 3 amide bonds. The molecule has 0 radical (unpaired) electrons. The van der Waals surface area contributed by atoms with Crippen molar-refractivity contribution in [3.8, 4) is 5.75 Å². The molecule has 0 saturated carbocycles. The van der Waals surface area contributed by atoms with Crippen molar-refractivity contribution >= 4 is 28.6 Å². The predicted octanol–water partition coefficient (Wildman–Crippen LogP) is 4.15. The highest BCUT2D eigenvalue weighted by atomic mass is 16.5. The van der Waals surface area contributed by atoms with Gasteiger partial charge in [0.25, 0.3) is 11.8 Å². The molecule has 0 aliphatic carbocycles. The maximum atomic E-state index is 13.8. The van der Waals surface area contributed by atoms with E-state index in [2.05, 4.69) is 10.3 Å².